The first kappa shape index (κ1) is 29.3. The Balaban J connectivity index is 0.000000202. The summed E-state index contributed by atoms with van der Waals surface area (Å²) in [6, 6.07) is 20.4. The van der Waals surface area contributed by atoms with Crippen LogP contribution in [-0.2, 0) is 16.9 Å². The predicted octanol–water partition coefficient (Wildman–Crippen LogP) is 6.76. The zero-order valence-corrected chi connectivity index (χ0v) is 24.4. The van der Waals surface area contributed by atoms with Gasteiger partial charge in [-0.2, -0.15) is 0 Å². The molecule has 2 aliphatic rings. The number of nitrogens with zero attached hydrogens (tertiary/aromatic N) is 1. The minimum Gasteiger partial charge on any atom is -0.497 e. The lowest BCUT2D eigenvalue weighted by molar-refractivity contribution is -0.129. The topological polar surface area (TPSA) is 83.1 Å². The molecule has 3 aromatic carbocycles. The quantitative estimate of drug-likeness (QED) is 0.304. The second-order valence-electron chi connectivity index (χ2n) is 10.6. The van der Waals surface area contributed by atoms with Gasteiger partial charge in [0.05, 0.1) is 36.8 Å². The highest BCUT2D eigenvalue weighted by Gasteiger charge is 2.27. The van der Waals surface area contributed by atoms with E-state index < -0.39 is 5.60 Å². The maximum atomic E-state index is 11.7. The van der Waals surface area contributed by atoms with Gasteiger partial charge in [0.1, 0.15) is 18.1 Å². The molecule has 40 heavy (non-hydrogen) atoms. The van der Waals surface area contributed by atoms with Crippen molar-refractivity contribution in [1.29, 1.82) is 0 Å². The average molecular weight is 546 g/mol. The number of ether oxygens (including phenoxy) is 2. The summed E-state index contributed by atoms with van der Waals surface area (Å²) in [5.74, 6) is 1.76. The van der Waals surface area contributed by atoms with Gasteiger partial charge in [-0.15, -0.1) is 0 Å². The Morgan fingerprint density at radius 2 is 1.73 bits per heavy atom. The number of fused-ring (bicyclic) bond motifs is 2. The number of methoxy groups -OCH3 is 1. The Morgan fingerprint density at radius 1 is 1.02 bits per heavy atom. The van der Waals surface area contributed by atoms with Gasteiger partial charge in [0.25, 0.3) is 0 Å². The number of carbonyl (C=O) groups excluding carboxylic acids is 1. The number of aliphatic hydroxyl groups is 1. The number of benzene rings is 3. The highest BCUT2D eigenvalue weighted by molar-refractivity contribution is 5.81. The van der Waals surface area contributed by atoms with Crippen molar-refractivity contribution >= 4 is 17.3 Å². The normalized spacial score (nSPS) is 15.8. The number of rotatable bonds is 7. The molecule has 0 bridgehead atoms. The van der Waals surface area contributed by atoms with Crippen LogP contribution in [0.25, 0.3) is 11.1 Å². The molecular formula is C33H43N3O4. The molecule has 7 heteroatoms. The third kappa shape index (κ3) is 6.89. The molecule has 2 aliphatic heterocycles. The average Bonchev–Trinajstić information content (AvgIpc) is 3.18. The molecule has 1 atom stereocenters. The Labute approximate surface area is 238 Å². The van der Waals surface area contributed by atoms with Crippen LogP contribution < -0.4 is 20.1 Å². The van der Waals surface area contributed by atoms with Gasteiger partial charge in [-0.05, 0) is 72.9 Å². The fraction of sp³-hybridized carbons (Fsp3) is 0.424. The van der Waals surface area contributed by atoms with Gasteiger partial charge in [0, 0.05) is 19.0 Å². The van der Waals surface area contributed by atoms with Gasteiger partial charge in [-0.1, -0.05) is 51.0 Å². The van der Waals surface area contributed by atoms with Crippen molar-refractivity contribution < 1.29 is 19.4 Å². The van der Waals surface area contributed by atoms with E-state index >= 15 is 0 Å². The summed E-state index contributed by atoms with van der Waals surface area (Å²) in [6.07, 6.45) is 3.81. The number of amides is 1. The third-order valence-electron chi connectivity index (χ3n) is 7.52. The summed E-state index contributed by atoms with van der Waals surface area (Å²) >= 11 is 0. The number of nitrogens with one attached hydrogen (secondary N) is 2. The molecular weight excluding hydrogens is 502 g/mol. The van der Waals surface area contributed by atoms with Gasteiger partial charge in [0.2, 0.25) is 5.91 Å². The van der Waals surface area contributed by atoms with Crippen LogP contribution in [0.5, 0.6) is 11.5 Å². The van der Waals surface area contributed by atoms with Crippen molar-refractivity contribution in [3.8, 4) is 22.6 Å². The Morgan fingerprint density at radius 3 is 2.42 bits per heavy atom. The summed E-state index contributed by atoms with van der Waals surface area (Å²) in [5.41, 5.74) is 5.86. The minimum atomic E-state index is -0.696. The summed E-state index contributed by atoms with van der Waals surface area (Å²) in [5, 5.41) is 17.4. The Hall–Kier alpha value is -3.71. The van der Waals surface area contributed by atoms with E-state index in [1.807, 2.05) is 35.2 Å². The maximum Gasteiger partial charge on any atom is 0.219 e. The van der Waals surface area contributed by atoms with E-state index in [4.69, 9.17) is 9.47 Å². The molecule has 3 aromatic rings. The lowest BCUT2D eigenvalue weighted by Crippen LogP contribution is -2.30. The lowest BCUT2D eigenvalue weighted by atomic mass is 9.85. The molecule has 0 saturated carbocycles. The van der Waals surface area contributed by atoms with Crippen LogP contribution in [0.4, 0.5) is 11.4 Å². The molecule has 1 amide bonds. The molecule has 2 heterocycles. The van der Waals surface area contributed by atoms with E-state index in [9.17, 15) is 9.90 Å². The summed E-state index contributed by atoms with van der Waals surface area (Å²) in [6.45, 7) is 9.66. The maximum absolute atomic E-state index is 11.7. The van der Waals surface area contributed by atoms with Crippen molar-refractivity contribution in [2.45, 2.75) is 71.7 Å². The van der Waals surface area contributed by atoms with Crippen LogP contribution in [0, 0.1) is 0 Å². The second kappa shape index (κ2) is 13.1. The van der Waals surface area contributed by atoms with E-state index in [1.54, 1.807) is 14.0 Å². The van der Waals surface area contributed by atoms with Crippen LogP contribution in [-0.4, -0.2) is 42.3 Å². The van der Waals surface area contributed by atoms with Gasteiger partial charge in [0.15, 0.2) is 0 Å². The van der Waals surface area contributed by atoms with Gasteiger partial charge >= 0.3 is 0 Å². The summed E-state index contributed by atoms with van der Waals surface area (Å²) < 4.78 is 11.0. The SMILES string of the molecule is CC(=O)N1CCOc2ccc(-c3ccc4c(c3)NC(C)N4)cc2C1.CCCC(O)(CCC)c1cccc(OC)c1. The van der Waals surface area contributed by atoms with Crippen LogP contribution in [0.3, 0.4) is 0 Å². The van der Waals surface area contributed by atoms with Gasteiger partial charge in [-0.25, -0.2) is 0 Å². The molecule has 7 nitrogen and oxygen atoms in total. The molecule has 0 aromatic heterocycles. The molecule has 0 aliphatic carbocycles. The molecule has 0 radical (unpaired) electrons. The lowest BCUT2D eigenvalue weighted by Gasteiger charge is -2.28. The first-order chi connectivity index (χ1) is 19.3. The second-order valence-corrected chi connectivity index (χ2v) is 10.6. The highest BCUT2D eigenvalue weighted by atomic mass is 16.5. The molecule has 3 N–H and O–H groups in total. The van der Waals surface area contributed by atoms with Crippen molar-refractivity contribution in [1.82, 2.24) is 4.90 Å². The van der Waals surface area contributed by atoms with Crippen molar-refractivity contribution in [3.63, 3.8) is 0 Å². The number of carbonyl (C=O) groups is 1. The van der Waals surface area contributed by atoms with Crippen LogP contribution in [0.2, 0.25) is 0 Å². The first-order valence-corrected chi connectivity index (χ1v) is 14.3. The van der Waals surface area contributed by atoms with E-state index in [-0.39, 0.29) is 12.1 Å². The minimum absolute atomic E-state index is 0.0821. The molecule has 5 rings (SSSR count). The number of anilines is 2. The first-order valence-electron chi connectivity index (χ1n) is 14.3. The zero-order valence-electron chi connectivity index (χ0n) is 24.4. The smallest absolute Gasteiger partial charge is 0.219 e. The predicted molar refractivity (Wildman–Crippen MR) is 162 cm³/mol. The Kier molecular flexibility index (Phi) is 9.58. The Bertz CT molecular complexity index is 1300. The standard InChI is InChI=1S/C19H21N3O2.C14H22O2/c1-12-20-17-5-3-15(10-18(17)21-12)14-4-6-19-16(9-14)11-22(13(2)23)7-8-24-19;1-4-9-14(15,10-5-2)12-7-6-8-13(11-12)16-3/h3-6,9-10,12,20-21H,7-8,11H2,1-2H3;6-8,11,15H,4-5,9-10H2,1-3H3. The fourth-order valence-electron chi connectivity index (χ4n) is 5.47. The van der Waals surface area contributed by atoms with Gasteiger partial charge in [-0.3, -0.25) is 4.79 Å². The molecule has 0 saturated heterocycles. The number of hydrogen-bond donors (Lipinski definition) is 3. The van der Waals surface area contributed by atoms with Crippen molar-refractivity contribution in [2.24, 2.45) is 0 Å². The summed E-state index contributed by atoms with van der Waals surface area (Å²) in [7, 11) is 1.65. The largest absolute Gasteiger partial charge is 0.497 e. The van der Waals surface area contributed by atoms with Crippen molar-refractivity contribution in [2.75, 3.05) is 30.9 Å². The monoisotopic (exact) mass is 545 g/mol. The molecule has 0 spiro atoms. The molecule has 214 valence electrons. The van der Waals surface area contributed by atoms with Crippen LogP contribution in [0.15, 0.2) is 60.7 Å². The van der Waals surface area contributed by atoms with E-state index in [0.717, 1.165) is 70.8 Å². The van der Waals surface area contributed by atoms with Crippen LogP contribution in [0.1, 0.15) is 64.5 Å². The number of hydrogen-bond acceptors (Lipinski definition) is 6. The fourth-order valence-corrected chi connectivity index (χ4v) is 5.47. The zero-order chi connectivity index (χ0) is 28.7. The van der Waals surface area contributed by atoms with E-state index in [1.165, 1.54) is 0 Å². The molecule has 0 fully saturated rings. The summed E-state index contributed by atoms with van der Waals surface area (Å²) in [4.78, 5) is 13.6. The van der Waals surface area contributed by atoms with Crippen molar-refractivity contribution in [3.05, 3.63) is 71.8 Å². The van der Waals surface area contributed by atoms with E-state index in [2.05, 4.69) is 61.7 Å². The van der Waals surface area contributed by atoms with Gasteiger partial charge < -0.3 is 30.1 Å². The van der Waals surface area contributed by atoms with E-state index in [0.29, 0.717) is 19.7 Å². The molecule has 1 unspecified atom stereocenters. The van der Waals surface area contributed by atoms with Crippen LogP contribution >= 0.6 is 0 Å². The third-order valence-corrected chi connectivity index (χ3v) is 7.52. The highest BCUT2D eigenvalue weighted by Crippen LogP contribution is 2.36.